The van der Waals surface area contributed by atoms with Crippen LogP contribution in [0.15, 0.2) is 24.3 Å². The van der Waals surface area contributed by atoms with E-state index in [4.69, 9.17) is 10.5 Å². The van der Waals surface area contributed by atoms with Crippen molar-refractivity contribution >= 4 is 0 Å². The number of nitrogens with two attached hydrogens (primary N) is 1. The van der Waals surface area contributed by atoms with Gasteiger partial charge in [-0.1, -0.05) is 19.1 Å². The van der Waals surface area contributed by atoms with Gasteiger partial charge in [0.25, 0.3) is 0 Å². The zero-order chi connectivity index (χ0) is 13.9. The highest BCUT2D eigenvalue weighted by Crippen LogP contribution is 2.44. The molecule has 1 saturated heterocycles. The summed E-state index contributed by atoms with van der Waals surface area (Å²) in [6.07, 6.45) is 3.84. The largest absolute Gasteiger partial charge is 0.375 e. The van der Waals surface area contributed by atoms with Crippen molar-refractivity contribution in [1.29, 1.82) is 0 Å². The molecule has 1 heterocycles. The highest BCUT2D eigenvalue weighted by molar-refractivity contribution is 5.27. The standard InChI is InChI=1S/C16H24FNO/c1-3-15(2)12-16(8-10-18,9-11-19-15)13-4-6-14(17)7-5-13/h4-7H,3,8-12,18H2,1-2H3/t15-,16-/m1/s1. The van der Waals surface area contributed by atoms with E-state index in [9.17, 15) is 4.39 Å². The molecule has 19 heavy (non-hydrogen) atoms. The molecule has 2 rings (SSSR count). The van der Waals surface area contributed by atoms with Crippen molar-refractivity contribution in [3.8, 4) is 0 Å². The van der Waals surface area contributed by atoms with Gasteiger partial charge in [-0.05, 0) is 56.8 Å². The summed E-state index contributed by atoms with van der Waals surface area (Å²) in [5.74, 6) is -0.183. The molecule has 106 valence electrons. The molecule has 0 aliphatic carbocycles. The van der Waals surface area contributed by atoms with E-state index in [-0.39, 0.29) is 16.8 Å². The molecule has 0 amide bonds. The van der Waals surface area contributed by atoms with Gasteiger partial charge in [-0.2, -0.15) is 0 Å². The number of hydrogen-bond donors (Lipinski definition) is 1. The molecule has 1 aromatic carbocycles. The third-order valence-electron chi connectivity index (χ3n) is 4.57. The van der Waals surface area contributed by atoms with E-state index in [1.54, 1.807) is 12.1 Å². The number of rotatable bonds is 4. The molecular formula is C16H24FNO. The van der Waals surface area contributed by atoms with Gasteiger partial charge < -0.3 is 10.5 Å². The summed E-state index contributed by atoms with van der Waals surface area (Å²) in [6.45, 7) is 5.73. The maximum absolute atomic E-state index is 13.1. The molecule has 0 bridgehead atoms. The molecule has 1 aliphatic heterocycles. The van der Waals surface area contributed by atoms with E-state index in [0.717, 1.165) is 32.3 Å². The summed E-state index contributed by atoms with van der Waals surface area (Å²) >= 11 is 0. The molecular weight excluding hydrogens is 241 g/mol. The minimum atomic E-state index is -0.183. The molecule has 2 atom stereocenters. The van der Waals surface area contributed by atoms with Crippen molar-refractivity contribution < 1.29 is 9.13 Å². The fourth-order valence-corrected chi connectivity index (χ4v) is 3.26. The molecule has 0 radical (unpaired) electrons. The van der Waals surface area contributed by atoms with Crippen LogP contribution in [-0.2, 0) is 10.2 Å². The zero-order valence-corrected chi connectivity index (χ0v) is 11.9. The van der Waals surface area contributed by atoms with Gasteiger partial charge in [0, 0.05) is 12.0 Å². The molecule has 0 saturated carbocycles. The number of benzene rings is 1. The van der Waals surface area contributed by atoms with Crippen LogP contribution in [0, 0.1) is 5.82 Å². The first-order chi connectivity index (χ1) is 9.03. The summed E-state index contributed by atoms with van der Waals surface area (Å²) in [6, 6.07) is 6.91. The van der Waals surface area contributed by atoms with Crippen LogP contribution in [0.4, 0.5) is 4.39 Å². The SMILES string of the molecule is CC[C@]1(C)C[C@](CCN)(c2ccc(F)cc2)CCO1. The maximum atomic E-state index is 13.1. The molecule has 2 nitrogen and oxygen atoms in total. The van der Waals surface area contributed by atoms with E-state index < -0.39 is 0 Å². The smallest absolute Gasteiger partial charge is 0.123 e. The van der Waals surface area contributed by atoms with Gasteiger partial charge in [-0.3, -0.25) is 0 Å². The fraction of sp³-hybridized carbons (Fsp3) is 0.625. The first kappa shape index (κ1) is 14.5. The Balaban J connectivity index is 2.34. The van der Waals surface area contributed by atoms with E-state index >= 15 is 0 Å². The van der Waals surface area contributed by atoms with Crippen molar-refractivity contribution in [3.63, 3.8) is 0 Å². The van der Waals surface area contributed by atoms with Crippen LogP contribution < -0.4 is 5.73 Å². The summed E-state index contributed by atoms with van der Waals surface area (Å²) < 4.78 is 19.1. The number of halogens is 1. The number of ether oxygens (including phenoxy) is 1. The Kier molecular flexibility index (Phi) is 4.26. The van der Waals surface area contributed by atoms with Crippen molar-refractivity contribution in [3.05, 3.63) is 35.6 Å². The fourth-order valence-electron chi connectivity index (χ4n) is 3.26. The third-order valence-corrected chi connectivity index (χ3v) is 4.57. The second-order valence-electron chi connectivity index (χ2n) is 5.90. The second-order valence-corrected chi connectivity index (χ2v) is 5.90. The quantitative estimate of drug-likeness (QED) is 0.905. The Morgan fingerprint density at radius 3 is 2.58 bits per heavy atom. The molecule has 0 unspecified atom stereocenters. The van der Waals surface area contributed by atoms with Gasteiger partial charge in [-0.15, -0.1) is 0 Å². The predicted octanol–water partition coefficient (Wildman–Crippen LogP) is 3.39. The van der Waals surface area contributed by atoms with E-state index in [0.29, 0.717) is 6.54 Å². The van der Waals surface area contributed by atoms with Gasteiger partial charge >= 0.3 is 0 Å². The van der Waals surface area contributed by atoms with Crippen molar-refractivity contribution in [2.24, 2.45) is 5.73 Å². The van der Waals surface area contributed by atoms with Gasteiger partial charge in [-0.25, -0.2) is 4.39 Å². The lowest BCUT2D eigenvalue weighted by Crippen LogP contribution is -2.46. The third kappa shape index (κ3) is 2.98. The minimum absolute atomic E-state index is 0.0332. The van der Waals surface area contributed by atoms with Crippen LogP contribution in [0.1, 0.15) is 45.1 Å². The first-order valence-electron chi connectivity index (χ1n) is 7.14. The Morgan fingerprint density at radius 2 is 2.00 bits per heavy atom. The average molecular weight is 265 g/mol. The molecule has 0 aromatic heterocycles. The van der Waals surface area contributed by atoms with Crippen LogP contribution in [0.2, 0.25) is 0 Å². The summed E-state index contributed by atoms with van der Waals surface area (Å²) in [5.41, 5.74) is 6.96. The lowest BCUT2D eigenvalue weighted by atomic mass is 9.66. The van der Waals surface area contributed by atoms with Crippen LogP contribution in [0.3, 0.4) is 0 Å². The van der Waals surface area contributed by atoms with Crippen LogP contribution in [-0.4, -0.2) is 18.8 Å². The molecule has 1 aromatic rings. The molecule has 0 spiro atoms. The Bertz CT molecular complexity index is 415. The average Bonchev–Trinajstić information content (AvgIpc) is 2.40. The molecule has 1 fully saturated rings. The Hall–Kier alpha value is -0.930. The van der Waals surface area contributed by atoms with Gasteiger partial charge in [0.2, 0.25) is 0 Å². The first-order valence-corrected chi connectivity index (χ1v) is 7.14. The molecule has 1 aliphatic rings. The molecule has 2 N–H and O–H groups in total. The van der Waals surface area contributed by atoms with E-state index in [1.165, 1.54) is 5.56 Å². The van der Waals surface area contributed by atoms with Gasteiger partial charge in [0.1, 0.15) is 5.82 Å². The lowest BCUT2D eigenvalue weighted by molar-refractivity contribution is -0.0976. The van der Waals surface area contributed by atoms with Crippen LogP contribution in [0.5, 0.6) is 0 Å². The van der Waals surface area contributed by atoms with Crippen LogP contribution >= 0.6 is 0 Å². The summed E-state index contributed by atoms with van der Waals surface area (Å²) in [5, 5.41) is 0. The second kappa shape index (κ2) is 5.59. The zero-order valence-electron chi connectivity index (χ0n) is 11.9. The highest BCUT2D eigenvalue weighted by Gasteiger charge is 2.42. The van der Waals surface area contributed by atoms with Crippen molar-refractivity contribution in [1.82, 2.24) is 0 Å². The number of hydrogen-bond acceptors (Lipinski definition) is 2. The van der Waals surface area contributed by atoms with Gasteiger partial charge in [0.05, 0.1) is 5.60 Å². The Morgan fingerprint density at radius 1 is 1.32 bits per heavy atom. The Labute approximate surface area is 115 Å². The predicted molar refractivity (Wildman–Crippen MR) is 75.6 cm³/mol. The molecule has 3 heteroatoms. The van der Waals surface area contributed by atoms with E-state index in [1.807, 2.05) is 12.1 Å². The van der Waals surface area contributed by atoms with E-state index in [2.05, 4.69) is 13.8 Å². The lowest BCUT2D eigenvalue weighted by Gasteiger charge is -2.46. The van der Waals surface area contributed by atoms with Crippen molar-refractivity contribution in [2.45, 2.75) is 50.5 Å². The summed E-state index contributed by atoms with van der Waals surface area (Å²) in [7, 11) is 0. The topological polar surface area (TPSA) is 35.2 Å². The van der Waals surface area contributed by atoms with Crippen LogP contribution in [0.25, 0.3) is 0 Å². The maximum Gasteiger partial charge on any atom is 0.123 e. The highest BCUT2D eigenvalue weighted by atomic mass is 19.1. The van der Waals surface area contributed by atoms with Gasteiger partial charge in [0.15, 0.2) is 0 Å². The normalized spacial score (nSPS) is 31.4. The van der Waals surface area contributed by atoms with Crippen molar-refractivity contribution in [2.75, 3.05) is 13.2 Å². The summed E-state index contributed by atoms with van der Waals surface area (Å²) in [4.78, 5) is 0. The minimum Gasteiger partial charge on any atom is -0.375 e. The monoisotopic (exact) mass is 265 g/mol.